The minimum Gasteiger partial charge on any atom is -0.381 e. The normalized spacial score (nSPS) is 10.0. The van der Waals surface area contributed by atoms with E-state index in [1.165, 1.54) is 12.1 Å². The predicted octanol–water partition coefficient (Wildman–Crippen LogP) is 1.93. The third kappa shape index (κ3) is 2.35. The van der Waals surface area contributed by atoms with Gasteiger partial charge < -0.3 is 5.32 Å². The van der Waals surface area contributed by atoms with Gasteiger partial charge in [-0.1, -0.05) is 6.07 Å². The smallest absolute Gasteiger partial charge is 0.271 e. The lowest BCUT2D eigenvalue weighted by molar-refractivity contribution is -0.384. The average Bonchev–Trinajstić information content (AvgIpc) is 2.79. The van der Waals surface area contributed by atoms with Crippen molar-refractivity contribution in [2.24, 2.45) is 0 Å². The van der Waals surface area contributed by atoms with Crippen molar-refractivity contribution >= 4 is 11.4 Å². The van der Waals surface area contributed by atoms with Crippen LogP contribution in [0.25, 0.3) is 0 Å². The molecule has 0 aliphatic rings. The van der Waals surface area contributed by atoms with Crippen LogP contribution in [0.2, 0.25) is 0 Å². The quantitative estimate of drug-likeness (QED) is 0.606. The molecule has 0 spiro atoms. The van der Waals surface area contributed by atoms with Crippen molar-refractivity contribution in [2.45, 2.75) is 6.54 Å². The number of non-ortho nitro benzene ring substituents is 1. The Labute approximate surface area is 91.5 Å². The summed E-state index contributed by atoms with van der Waals surface area (Å²) in [5, 5.41) is 20.1. The van der Waals surface area contributed by atoms with Gasteiger partial charge in [-0.05, 0) is 6.07 Å². The summed E-state index contributed by atoms with van der Waals surface area (Å²) in [4.78, 5) is 10.1. The summed E-state index contributed by atoms with van der Waals surface area (Å²) in [6, 6.07) is 6.39. The molecule has 1 aromatic heterocycles. The molecule has 1 heterocycles. The molecule has 0 atom stereocenters. The Hall–Kier alpha value is -2.37. The van der Waals surface area contributed by atoms with Crippen LogP contribution >= 0.6 is 0 Å². The summed E-state index contributed by atoms with van der Waals surface area (Å²) >= 11 is 0. The molecule has 0 unspecified atom stereocenters. The standard InChI is InChI=1S/C10H10N4O2/c15-14(16)10-3-1-2-9(4-10)11-5-8-6-12-13-7-8/h1-4,6-7,11H,5H2,(H,12,13). The van der Waals surface area contributed by atoms with E-state index in [-0.39, 0.29) is 5.69 Å². The molecule has 82 valence electrons. The van der Waals surface area contributed by atoms with E-state index < -0.39 is 4.92 Å². The second-order valence-electron chi connectivity index (χ2n) is 3.27. The number of anilines is 1. The summed E-state index contributed by atoms with van der Waals surface area (Å²) in [6.07, 6.45) is 3.47. The second-order valence-corrected chi connectivity index (χ2v) is 3.27. The Morgan fingerprint density at radius 3 is 3.06 bits per heavy atom. The van der Waals surface area contributed by atoms with E-state index in [0.717, 1.165) is 11.3 Å². The molecule has 2 aromatic rings. The Morgan fingerprint density at radius 1 is 1.50 bits per heavy atom. The van der Waals surface area contributed by atoms with Crippen LogP contribution in [0, 0.1) is 10.1 Å². The second kappa shape index (κ2) is 4.43. The molecule has 6 nitrogen and oxygen atoms in total. The molecule has 6 heteroatoms. The largest absolute Gasteiger partial charge is 0.381 e. The number of aromatic nitrogens is 2. The Balaban J connectivity index is 2.04. The first-order chi connectivity index (χ1) is 7.75. The molecule has 0 aliphatic heterocycles. The van der Waals surface area contributed by atoms with E-state index in [9.17, 15) is 10.1 Å². The summed E-state index contributed by atoms with van der Waals surface area (Å²) in [5.74, 6) is 0. The van der Waals surface area contributed by atoms with Crippen LogP contribution in [0.3, 0.4) is 0 Å². The van der Waals surface area contributed by atoms with Crippen molar-refractivity contribution in [1.29, 1.82) is 0 Å². The first-order valence-corrected chi connectivity index (χ1v) is 4.72. The van der Waals surface area contributed by atoms with Gasteiger partial charge >= 0.3 is 0 Å². The molecule has 0 aliphatic carbocycles. The Morgan fingerprint density at radius 2 is 2.38 bits per heavy atom. The van der Waals surface area contributed by atoms with E-state index >= 15 is 0 Å². The lowest BCUT2D eigenvalue weighted by atomic mass is 10.2. The zero-order valence-electron chi connectivity index (χ0n) is 8.38. The van der Waals surface area contributed by atoms with Crippen molar-refractivity contribution in [3.63, 3.8) is 0 Å². The zero-order valence-corrected chi connectivity index (χ0v) is 8.38. The highest BCUT2D eigenvalue weighted by Gasteiger charge is 2.05. The van der Waals surface area contributed by atoms with Gasteiger partial charge in [0.1, 0.15) is 0 Å². The van der Waals surface area contributed by atoms with Crippen molar-refractivity contribution < 1.29 is 4.92 Å². The lowest BCUT2D eigenvalue weighted by Crippen LogP contribution is -1.98. The van der Waals surface area contributed by atoms with E-state index in [1.54, 1.807) is 24.5 Å². The lowest BCUT2D eigenvalue weighted by Gasteiger charge is -2.03. The molecule has 0 fully saturated rings. The van der Waals surface area contributed by atoms with Crippen LogP contribution in [0.5, 0.6) is 0 Å². The van der Waals surface area contributed by atoms with Crippen LogP contribution in [-0.4, -0.2) is 15.1 Å². The minimum absolute atomic E-state index is 0.0807. The molecule has 0 saturated heterocycles. The Kier molecular flexibility index (Phi) is 2.81. The SMILES string of the molecule is O=[N+]([O-])c1cccc(NCc2cn[nH]c2)c1. The van der Waals surface area contributed by atoms with Gasteiger partial charge in [0.2, 0.25) is 0 Å². The number of nitro groups is 1. The van der Waals surface area contributed by atoms with Crippen LogP contribution in [-0.2, 0) is 6.54 Å². The maximum Gasteiger partial charge on any atom is 0.271 e. The van der Waals surface area contributed by atoms with E-state index in [0.29, 0.717) is 6.54 Å². The van der Waals surface area contributed by atoms with Crippen molar-refractivity contribution in [3.8, 4) is 0 Å². The molecule has 0 amide bonds. The predicted molar refractivity (Wildman–Crippen MR) is 59.0 cm³/mol. The monoisotopic (exact) mass is 218 g/mol. The van der Waals surface area contributed by atoms with E-state index in [4.69, 9.17) is 0 Å². The Bertz CT molecular complexity index is 481. The summed E-state index contributed by atoms with van der Waals surface area (Å²) in [7, 11) is 0. The van der Waals surface area contributed by atoms with Gasteiger partial charge in [-0.3, -0.25) is 15.2 Å². The van der Waals surface area contributed by atoms with Gasteiger partial charge in [-0.25, -0.2) is 0 Å². The number of hydrogen-bond acceptors (Lipinski definition) is 4. The third-order valence-electron chi connectivity index (χ3n) is 2.11. The van der Waals surface area contributed by atoms with Gasteiger partial charge in [-0.2, -0.15) is 5.10 Å². The van der Waals surface area contributed by atoms with Crippen molar-refractivity contribution in [1.82, 2.24) is 10.2 Å². The van der Waals surface area contributed by atoms with E-state index in [1.807, 2.05) is 0 Å². The number of hydrogen-bond donors (Lipinski definition) is 2. The molecule has 1 aromatic carbocycles. The van der Waals surface area contributed by atoms with Crippen molar-refractivity contribution in [3.05, 3.63) is 52.3 Å². The van der Waals surface area contributed by atoms with Crippen LogP contribution in [0.15, 0.2) is 36.7 Å². The number of aromatic amines is 1. The molecule has 0 bridgehead atoms. The summed E-state index contributed by atoms with van der Waals surface area (Å²) in [6.45, 7) is 0.581. The van der Waals surface area contributed by atoms with E-state index in [2.05, 4.69) is 15.5 Å². The van der Waals surface area contributed by atoms with Crippen LogP contribution < -0.4 is 5.32 Å². The first-order valence-electron chi connectivity index (χ1n) is 4.72. The van der Waals surface area contributed by atoms with Gasteiger partial charge in [0, 0.05) is 36.1 Å². The van der Waals surface area contributed by atoms with Gasteiger partial charge in [0.15, 0.2) is 0 Å². The highest BCUT2D eigenvalue weighted by atomic mass is 16.6. The molecular weight excluding hydrogens is 208 g/mol. The zero-order chi connectivity index (χ0) is 11.4. The maximum absolute atomic E-state index is 10.5. The van der Waals surface area contributed by atoms with Crippen LogP contribution in [0.4, 0.5) is 11.4 Å². The summed E-state index contributed by atoms with van der Waals surface area (Å²) in [5.41, 5.74) is 1.79. The average molecular weight is 218 g/mol. The number of benzene rings is 1. The third-order valence-corrected chi connectivity index (χ3v) is 2.11. The first kappa shape index (κ1) is 10.2. The fraction of sp³-hybridized carbons (Fsp3) is 0.100. The molecular formula is C10H10N4O2. The van der Waals surface area contributed by atoms with Gasteiger partial charge in [-0.15, -0.1) is 0 Å². The number of nitrogens with zero attached hydrogens (tertiary/aromatic N) is 2. The highest BCUT2D eigenvalue weighted by molar-refractivity contribution is 5.51. The number of nitrogens with one attached hydrogen (secondary N) is 2. The fourth-order valence-corrected chi connectivity index (χ4v) is 1.31. The molecule has 0 saturated carbocycles. The fourth-order valence-electron chi connectivity index (χ4n) is 1.31. The topological polar surface area (TPSA) is 83.8 Å². The minimum atomic E-state index is -0.414. The van der Waals surface area contributed by atoms with Crippen molar-refractivity contribution in [2.75, 3.05) is 5.32 Å². The van der Waals surface area contributed by atoms with Gasteiger partial charge in [0.25, 0.3) is 5.69 Å². The molecule has 2 rings (SSSR count). The summed E-state index contributed by atoms with van der Waals surface area (Å²) < 4.78 is 0. The number of rotatable bonds is 4. The van der Waals surface area contributed by atoms with Gasteiger partial charge in [0.05, 0.1) is 11.1 Å². The molecule has 2 N–H and O–H groups in total. The number of H-pyrrole nitrogens is 1. The highest BCUT2D eigenvalue weighted by Crippen LogP contribution is 2.17. The molecule has 0 radical (unpaired) electrons. The maximum atomic E-state index is 10.5. The molecule has 16 heavy (non-hydrogen) atoms. The van der Waals surface area contributed by atoms with Crippen LogP contribution in [0.1, 0.15) is 5.56 Å². The number of nitro benzene ring substituents is 1.